The summed E-state index contributed by atoms with van der Waals surface area (Å²) in [5.74, 6) is 0.977. The molecule has 4 heteroatoms. The standard InChI is InChI=1S/C14H13BrFNO/c1-9(17)10-2-7-14(13(15)8-10)18-12-5-3-11(16)4-6-12/h2-9H,17H2,1H3. The van der Waals surface area contributed by atoms with Crippen LogP contribution in [0, 0.1) is 5.82 Å². The van der Waals surface area contributed by atoms with Crippen LogP contribution in [-0.4, -0.2) is 0 Å². The Morgan fingerprint density at radius 3 is 2.39 bits per heavy atom. The summed E-state index contributed by atoms with van der Waals surface area (Å²) >= 11 is 3.43. The second kappa shape index (κ2) is 5.50. The molecule has 18 heavy (non-hydrogen) atoms. The van der Waals surface area contributed by atoms with Gasteiger partial charge in [0.05, 0.1) is 4.47 Å². The molecule has 0 saturated heterocycles. The number of nitrogens with two attached hydrogens (primary N) is 1. The monoisotopic (exact) mass is 309 g/mol. The minimum absolute atomic E-state index is 0.0267. The molecule has 2 nitrogen and oxygen atoms in total. The Morgan fingerprint density at radius 2 is 1.83 bits per heavy atom. The topological polar surface area (TPSA) is 35.2 Å². The third kappa shape index (κ3) is 3.09. The van der Waals surface area contributed by atoms with Crippen molar-refractivity contribution in [2.45, 2.75) is 13.0 Å². The quantitative estimate of drug-likeness (QED) is 0.912. The van der Waals surface area contributed by atoms with Gasteiger partial charge in [0.25, 0.3) is 0 Å². The lowest BCUT2D eigenvalue weighted by atomic mass is 10.1. The minimum Gasteiger partial charge on any atom is -0.456 e. The molecule has 0 radical (unpaired) electrons. The summed E-state index contributed by atoms with van der Waals surface area (Å²) in [6.45, 7) is 1.92. The zero-order chi connectivity index (χ0) is 13.1. The van der Waals surface area contributed by atoms with Crippen LogP contribution >= 0.6 is 15.9 Å². The van der Waals surface area contributed by atoms with Crippen molar-refractivity contribution in [1.29, 1.82) is 0 Å². The van der Waals surface area contributed by atoms with E-state index in [4.69, 9.17) is 10.5 Å². The minimum atomic E-state index is -0.284. The fraction of sp³-hybridized carbons (Fsp3) is 0.143. The van der Waals surface area contributed by atoms with Gasteiger partial charge in [0.15, 0.2) is 0 Å². The summed E-state index contributed by atoms with van der Waals surface area (Å²) in [5.41, 5.74) is 6.82. The van der Waals surface area contributed by atoms with Gasteiger partial charge < -0.3 is 10.5 Å². The summed E-state index contributed by atoms with van der Waals surface area (Å²) in [5, 5.41) is 0. The van der Waals surface area contributed by atoms with E-state index in [0.29, 0.717) is 11.5 Å². The molecule has 2 N–H and O–H groups in total. The number of ether oxygens (including phenoxy) is 1. The van der Waals surface area contributed by atoms with Crippen LogP contribution in [0.2, 0.25) is 0 Å². The molecular weight excluding hydrogens is 297 g/mol. The highest BCUT2D eigenvalue weighted by Crippen LogP contribution is 2.31. The lowest BCUT2D eigenvalue weighted by molar-refractivity contribution is 0.477. The molecule has 0 aliphatic carbocycles. The van der Waals surface area contributed by atoms with Crippen LogP contribution in [0.1, 0.15) is 18.5 Å². The van der Waals surface area contributed by atoms with Gasteiger partial charge in [-0.1, -0.05) is 6.07 Å². The third-order valence-electron chi connectivity index (χ3n) is 2.52. The van der Waals surface area contributed by atoms with Gasteiger partial charge in [-0.2, -0.15) is 0 Å². The zero-order valence-electron chi connectivity index (χ0n) is 9.86. The zero-order valence-corrected chi connectivity index (χ0v) is 11.4. The Bertz CT molecular complexity index is 540. The molecular formula is C14H13BrFNO. The van der Waals surface area contributed by atoms with Crippen molar-refractivity contribution < 1.29 is 9.13 Å². The van der Waals surface area contributed by atoms with Gasteiger partial charge >= 0.3 is 0 Å². The van der Waals surface area contributed by atoms with Crippen molar-refractivity contribution in [2.75, 3.05) is 0 Å². The Kier molecular flexibility index (Phi) is 3.99. The molecule has 0 bridgehead atoms. The Morgan fingerprint density at radius 1 is 1.17 bits per heavy atom. The van der Waals surface area contributed by atoms with Crippen LogP contribution in [0.5, 0.6) is 11.5 Å². The second-order valence-corrected chi connectivity index (χ2v) is 4.89. The molecule has 2 aromatic rings. The van der Waals surface area contributed by atoms with Gasteiger partial charge in [0.1, 0.15) is 17.3 Å². The summed E-state index contributed by atoms with van der Waals surface area (Å²) in [4.78, 5) is 0. The molecule has 0 fully saturated rings. The number of halogens is 2. The van der Waals surface area contributed by atoms with Gasteiger partial charge in [0, 0.05) is 6.04 Å². The Hall–Kier alpha value is -1.39. The van der Waals surface area contributed by atoms with Gasteiger partial charge in [-0.3, -0.25) is 0 Å². The van der Waals surface area contributed by atoms with Crippen molar-refractivity contribution in [3.63, 3.8) is 0 Å². The lowest BCUT2D eigenvalue weighted by Gasteiger charge is -2.11. The first-order chi connectivity index (χ1) is 8.56. The van der Waals surface area contributed by atoms with Gasteiger partial charge in [-0.15, -0.1) is 0 Å². The van der Waals surface area contributed by atoms with Crippen LogP contribution in [0.4, 0.5) is 4.39 Å². The summed E-state index contributed by atoms with van der Waals surface area (Å²) < 4.78 is 19.2. The molecule has 0 aliphatic rings. The van der Waals surface area contributed by atoms with Crippen molar-refractivity contribution in [3.05, 3.63) is 58.3 Å². The van der Waals surface area contributed by atoms with E-state index in [0.717, 1.165) is 10.0 Å². The maximum atomic E-state index is 12.8. The second-order valence-electron chi connectivity index (χ2n) is 4.03. The molecule has 0 amide bonds. The van der Waals surface area contributed by atoms with Crippen LogP contribution < -0.4 is 10.5 Å². The van der Waals surface area contributed by atoms with Gasteiger partial charge in [0.2, 0.25) is 0 Å². The van der Waals surface area contributed by atoms with Crippen LogP contribution in [0.25, 0.3) is 0 Å². The predicted molar refractivity (Wildman–Crippen MR) is 73.2 cm³/mol. The molecule has 0 saturated carbocycles. The van der Waals surface area contributed by atoms with E-state index in [2.05, 4.69) is 15.9 Å². The van der Waals surface area contributed by atoms with E-state index < -0.39 is 0 Å². The highest BCUT2D eigenvalue weighted by atomic mass is 79.9. The highest BCUT2D eigenvalue weighted by molar-refractivity contribution is 9.10. The SMILES string of the molecule is CC(N)c1ccc(Oc2ccc(F)cc2)c(Br)c1. The molecule has 1 atom stereocenters. The summed E-state index contributed by atoms with van der Waals surface area (Å²) in [7, 11) is 0. The van der Waals surface area contributed by atoms with E-state index in [1.54, 1.807) is 12.1 Å². The van der Waals surface area contributed by atoms with E-state index in [1.165, 1.54) is 12.1 Å². The van der Waals surface area contributed by atoms with Crippen molar-refractivity contribution in [2.24, 2.45) is 5.73 Å². The molecule has 0 aliphatic heterocycles. The number of benzene rings is 2. The van der Waals surface area contributed by atoms with Crippen LogP contribution in [0.15, 0.2) is 46.9 Å². The van der Waals surface area contributed by atoms with E-state index in [9.17, 15) is 4.39 Å². The summed E-state index contributed by atoms with van der Waals surface area (Å²) in [6.07, 6.45) is 0. The first kappa shape index (κ1) is 13.1. The summed E-state index contributed by atoms with van der Waals surface area (Å²) in [6, 6.07) is 11.5. The van der Waals surface area contributed by atoms with Crippen LogP contribution in [-0.2, 0) is 0 Å². The predicted octanol–water partition coefficient (Wildman–Crippen LogP) is 4.40. The largest absolute Gasteiger partial charge is 0.456 e. The molecule has 94 valence electrons. The maximum absolute atomic E-state index is 12.8. The lowest BCUT2D eigenvalue weighted by Crippen LogP contribution is -2.04. The first-order valence-corrected chi connectivity index (χ1v) is 6.34. The van der Waals surface area contributed by atoms with Gasteiger partial charge in [-0.25, -0.2) is 4.39 Å². The number of hydrogen-bond donors (Lipinski definition) is 1. The fourth-order valence-corrected chi connectivity index (χ4v) is 1.99. The number of rotatable bonds is 3. The average molecular weight is 310 g/mol. The van der Waals surface area contributed by atoms with E-state index in [-0.39, 0.29) is 11.9 Å². The number of hydrogen-bond acceptors (Lipinski definition) is 2. The Labute approximate surface area is 114 Å². The molecule has 0 spiro atoms. The highest BCUT2D eigenvalue weighted by Gasteiger charge is 2.06. The van der Waals surface area contributed by atoms with Crippen molar-refractivity contribution in [1.82, 2.24) is 0 Å². The third-order valence-corrected chi connectivity index (χ3v) is 3.14. The van der Waals surface area contributed by atoms with E-state index >= 15 is 0 Å². The average Bonchev–Trinajstić information content (AvgIpc) is 2.34. The molecule has 1 unspecified atom stereocenters. The van der Waals surface area contributed by atoms with Gasteiger partial charge in [-0.05, 0) is 64.8 Å². The van der Waals surface area contributed by atoms with Crippen molar-refractivity contribution in [3.8, 4) is 11.5 Å². The first-order valence-electron chi connectivity index (χ1n) is 5.54. The molecule has 2 aromatic carbocycles. The molecule has 2 rings (SSSR count). The van der Waals surface area contributed by atoms with Crippen molar-refractivity contribution >= 4 is 15.9 Å². The fourth-order valence-electron chi connectivity index (χ4n) is 1.51. The Balaban J connectivity index is 2.22. The van der Waals surface area contributed by atoms with E-state index in [1.807, 2.05) is 25.1 Å². The smallest absolute Gasteiger partial charge is 0.141 e. The maximum Gasteiger partial charge on any atom is 0.141 e. The molecule has 0 aromatic heterocycles. The normalized spacial score (nSPS) is 12.2. The van der Waals surface area contributed by atoms with Crippen LogP contribution in [0.3, 0.4) is 0 Å². The molecule has 0 heterocycles.